The molecule has 24 heavy (non-hydrogen) atoms. The van der Waals surface area contributed by atoms with Gasteiger partial charge >= 0.3 is 0 Å². The van der Waals surface area contributed by atoms with Crippen molar-refractivity contribution in [2.75, 3.05) is 39.3 Å². The topological polar surface area (TPSA) is 60.9 Å². The molecule has 1 amide bonds. The molecule has 0 spiro atoms. The number of thiophene rings is 1. The first-order valence-electron chi connectivity index (χ1n) is 8.28. The highest BCUT2D eigenvalue weighted by atomic mass is 79.9. The van der Waals surface area contributed by atoms with E-state index in [0.717, 1.165) is 29.5 Å². The molecular weight excluding hydrogens is 414 g/mol. The van der Waals surface area contributed by atoms with Crippen molar-refractivity contribution >= 4 is 43.4 Å². The highest BCUT2D eigenvalue weighted by Gasteiger charge is 2.33. The van der Waals surface area contributed by atoms with Crippen LogP contribution in [0.15, 0.2) is 15.9 Å². The van der Waals surface area contributed by atoms with Crippen molar-refractivity contribution in [3.8, 4) is 0 Å². The first-order valence-corrected chi connectivity index (χ1v) is 11.3. The SMILES string of the molecule is O=C(c1ccc(Br)s1)N1CCN(S(=O)(=O)N2CCCCCC2)CC1. The molecule has 0 radical (unpaired) electrons. The molecule has 9 heteroatoms. The summed E-state index contributed by atoms with van der Waals surface area (Å²) < 4.78 is 29.7. The highest BCUT2D eigenvalue weighted by Crippen LogP contribution is 2.24. The zero-order valence-electron chi connectivity index (χ0n) is 13.5. The van der Waals surface area contributed by atoms with Gasteiger partial charge in [0.15, 0.2) is 0 Å². The maximum Gasteiger partial charge on any atom is 0.282 e. The zero-order chi connectivity index (χ0) is 17.2. The van der Waals surface area contributed by atoms with Crippen molar-refractivity contribution in [2.45, 2.75) is 25.7 Å². The van der Waals surface area contributed by atoms with Crippen molar-refractivity contribution in [3.63, 3.8) is 0 Å². The number of carbonyl (C=O) groups is 1. The largest absolute Gasteiger partial charge is 0.335 e. The first-order chi connectivity index (χ1) is 11.5. The number of rotatable bonds is 3. The van der Waals surface area contributed by atoms with Crippen molar-refractivity contribution < 1.29 is 13.2 Å². The van der Waals surface area contributed by atoms with Gasteiger partial charge in [0.1, 0.15) is 0 Å². The summed E-state index contributed by atoms with van der Waals surface area (Å²) in [7, 11) is -3.39. The van der Waals surface area contributed by atoms with Crippen LogP contribution in [-0.4, -0.2) is 67.1 Å². The van der Waals surface area contributed by atoms with Crippen molar-refractivity contribution in [1.29, 1.82) is 0 Å². The fraction of sp³-hybridized carbons (Fsp3) is 0.667. The minimum absolute atomic E-state index is 0.0162. The fourth-order valence-corrected chi connectivity index (χ4v) is 6.17. The predicted molar refractivity (Wildman–Crippen MR) is 98.5 cm³/mol. The smallest absolute Gasteiger partial charge is 0.282 e. The molecular formula is C15H22BrN3O3S2. The van der Waals surface area contributed by atoms with Crippen LogP contribution in [0.5, 0.6) is 0 Å². The maximum atomic E-state index is 12.8. The summed E-state index contributed by atoms with van der Waals surface area (Å²) in [6.07, 6.45) is 4.07. The van der Waals surface area contributed by atoms with E-state index in [0.29, 0.717) is 44.1 Å². The summed E-state index contributed by atoms with van der Waals surface area (Å²) in [6, 6.07) is 3.66. The molecule has 0 N–H and O–H groups in total. The molecule has 2 fully saturated rings. The van der Waals surface area contributed by atoms with Gasteiger partial charge < -0.3 is 4.90 Å². The molecule has 0 aliphatic carbocycles. The third-order valence-electron chi connectivity index (χ3n) is 4.53. The van der Waals surface area contributed by atoms with Crippen LogP contribution < -0.4 is 0 Å². The van der Waals surface area contributed by atoms with E-state index in [1.54, 1.807) is 15.3 Å². The second-order valence-electron chi connectivity index (χ2n) is 6.12. The van der Waals surface area contributed by atoms with Crippen molar-refractivity contribution in [1.82, 2.24) is 13.5 Å². The van der Waals surface area contributed by atoms with Crippen LogP contribution in [-0.2, 0) is 10.2 Å². The lowest BCUT2D eigenvalue weighted by Gasteiger charge is -2.36. The molecule has 0 saturated carbocycles. The van der Waals surface area contributed by atoms with Crippen LogP contribution in [0.1, 0.15) is 35.4 Å². The molecule has 0 unspecified atom stereocenters. The number of hydrogen-bond donors (Lipinski definition) is 0. The summed E-state index contributed by atoms with van der Waals surface area (Å²) in [4.78, 5) is 14.9. The molecule has 1 aromatic rings. The second-order valence-corrected chi connectivity index (χ2v) is 10.5. The Labute approximate surface area is 155 Å². The van der Waals surface area contributed by atoms with Crippen LogP contribution in [0, 0.1) is 0 Å². The van der Waals surface area contributed by atoms with Crippen molar-refractivity contribution in [3.05, 3.63) is 20.8 Å². The fourth-order valence-electron chi connectivity index (χ4n) is 3.14. The molecule has 3 rings (SSSR count). The molecule has 2 saturated heterocycles. The molecule has 1 aromatic heterocycles. The lowest BCUT2D eigenvalue weighted by atomic mass is 10.2. The molecule has 0 atom stereocenters. The van der Waals surface area contributed by atoms with Gasteiger partial charge in [0.05, 0.1) is 8.66 Å². The average Bonchev–Trinajstić information content (AvgIpc) is 2.84. The predicted octanol–water partition coefficient (Wildman–Crippen LogP) is 2.39. The zero-order valence-corrected chi connectivity index (χ0v) is 16.7. The van der Waals surface area contributed by atoms with Crippen molar-refractivity contribution in [2.24, 2.45) is 0 Å². The number of carbonyl (C=O) groups excluding carboxylic acids is 1. The number of halogens is 1. The maximum absolute atomic E-state index is 12.8. The van der Waals surface area contributed by atoms with Gasteiger partial charge in [0, 0.05) is 39.3 Å². The van der Waals surface area contributed by atoms with E-state index in [9.17, 15) is 13.2 Å². The standard InChI is InChI=1S/C15H22BrN3O3S2/c16-14-6-5-13(23-14)15(20)17-9-11-19(12-10-17)24(21,22)18-7-3-1-2-4-8-18/h5-6H,1-4,7-12H2. The van der Waals surface area contributed by atoms with E-state index in [1.807, 2.05) is 6.07 Å². The van der Waals surface area contributed by atoms with E-state index in [4.69, 9.17) is 0 Å². The number of nitrogens with zero attached hydrogens (tertiary/aromatic N) is 3. The van der Waals surface area contributed by atoms with E-state index in [2.05, 4.69) is 15.9 Å². The third kappa shape index (κ3) is 4.01. The Morgan fingerprint density at radius 1 is 0.917 bits per heavy atom. The van der Waals surface area contributed by atoms with Crippen LogP contribution in [0.25, 0.3) is 0 Å². The normalized spacial score (nSPS) is 21.6. The van der Waals surface area contributed by atoms with Gasteiger partial charge in [-0.15, -0.1) is 11.3 Å². The van der Waals surface area contributed by atoms with Gasteiger partial charge in [-0.05, 0) is 40.9 Å². The average molecular weight is 436 g/mol. The van der Waals surface area contributed by atoms with E-state index >= 15 is 0 Å². The Balaban J connectivity index is 1.60. The minimum atomic E-state index is -3.39. The van der Waals surface area contributed by atoms with E-state index in [1.165, 1.54) is 15.6 Å². The Bertz CT molecular complexity index is 676. The first kappa shape index (κ1) is 18.3. The molecule has 0 bridgehead atoms. The van der Waals surface area contributed by atoms with Crippen LogP contribution >= 0.6 is 27.3 Å². The molecule has 134 valence electrons. The summed E-state index contributed by atoms with van der Waals surface area (Å²) in [5.74, 6) is -0.0162. The highest BCUT2D eigenvalue weighted by molar-refractivity contribution is 9.11. The van der Waals surface area contributed by atoms with Crippen LogP contribution in [0.3, 0.4) is 0 Å². The van der Waals surface area contributed by atoms with Gasteiger partial charge in [-0.25, -0.2) is 0 Å². The quantitative estimate of drug-likeness (QED) is 0.731. The lowest BCUT2D eigenvalue weighted by Crippen LogP contribution is -2.54. The Morgan fingerprint density at radius 3 is 2.04 bits per heavy atom. The summed E-state index contributed by atoms with van der Waals surface area (Å²) in [5, 5.41) is 0. The van der Waals surface area contributed by atoms with Gasteiger partial charge in [-0.1, -0.05) is 12.8 Å². The summed E-state index contributed by atoms with van der Waals surface area (Å²) in [6.45, 7) is 2.87. The minimum Gasteiger partial charge on any atom is -0.335 e. The number of amides is 1. The second kappa shape index (κ2) is 7.82. The van der Waals surface area contributed by atoms with Gasteiger partial charge in [0.25, 0.3) is 16.1 Å². The number of hydrogen-bond acceptors (Lipinski definition) is 4. The third-order valence-corrected chi connectivity index (χ3v) is 8.17. The van der Waals surface area contributed by atoms with E-state index in [-0.39, 0.29) is 5.91 Å². The molecule has 2 aliphatic rings. The Kier molecular flexibility index (Phi) is 5.97. The van der Waals surface area contributed by atoms with E-state index < -0.39 is 10.2 Å². The van der Waals surface area contributed by atoms with Crippen LogP contribution in [0.2, 0.25) is 0 Å². The summed E-state index contributed by atoms with van der Waals surface area (Å²) in [5.41, 5.74) is 0. The molecule has 0 aromatic carbocycles. The monoisotopic (exact) mass is 435 g/mol. The lowest BCUT2D eigenvalue weighted by molar-refractivity contribution is 0.0699. The Hall–Kier alpha value is -0.480. The van der Waals surface area contributed by atoms with Gasteiger partial charge in [-0.2, -0.15) is 17.0 Å². The van der Waals surface area contributed by atoms with Crippen LogP contribution in [0.4, 0.5) is 0 Å². The number of piperazine rings is 1. The Morgan fingerprint density at radius 2 is 1.50 bits per heavy atom. The molecule has 2 aliphatic heterocycles. The molecule has 3 heterocycles. The summed E-state index contributed by atoms with van der Waals surface area (Å²) >= 11 is 4.77. The van der Waals surface area contributed by atoms with Gasteiger partial charge in [0.2, 0.25) is 0 Å². The molecule has 6 nitrogen and oxygen atoms in total. The van der Waals surface area contributed by atoms with Gasteiger partial charge in [-0.3, -0.25) is 4.79 Å².